The minimum absolute atomic E-state index is 0.000704. The van der Waals surface area contributed by atoms with Crippen LogP contribution in [0.2, 0.25) is 0 Å². The van der Waals surface area contributed by atoms with Gasteiger partial charge in [0.05, 0.1) is 19.4 Å². The van der Waals surface area contributed by atoms with Crippen molar-refractivity contribution in [2.75, 3.05) is 20.3 Å². The summed E-state index contributed by atoms with van der Waals surface area (Å²) >= 11 is 0. The highest BCUT2D eigenvalue weighted by Crippen LogP contribution is 2.09. The Balaban J connectivity index is 2.19. The second kappa shape index (κ2) is 8.25. The molecule has 1 aromatic rings. The Labute approximate surface area is 106 Å². The van der Waals surface area contributed by atoms with Gasteiger partial charge in [0.2, 0.25) is 0 Å². The van der Waals surface area contributed by atoms with Crippen molar-refractivity contribution in [3.05, 3.63) is 30.3 Å². The van der Waals surface area contributed by atoms with E-state index in [1.54, 1.807) is 24.3 Å². The van der Waals surface area contributed by atoms with Crippen LogP contribution in [-0.2, 0) is 19.1 Å². The molecule has 1 rings (SSSR count). The summed E-state index contributed by atoms with van der Waals surface area (Å²) in [5.41, 5.74) is 0. The predicted molar refractivity (Wildman–Crippen MR) is 64.1 cm³/mol. The SMILES string of the molecule is COCCOC(=O)CCC(=O)Oc1ccccc1. The summed E-state index contributed by atoms with van der Waals surface area (Å²) in [6.07, 6.45) is 0.0100. The van der Waals surface area contributed by atoms with Crippen molar-refractivity contribution in [3.63, 3.8) is 0 Å². The second-order valence-electron chi connectivity index (χ2n) is 3.50. The molecule has 0 unspecified atom stereocenters. The van der Waals surface area contributed by atoms with Gasteiger partial charge in [-0.1, -0.05) is 18.2 Å². The van der Waals surface area contributed by atoms with Gasteiger partial charge in [0.15, 0.2) is 0 Å². The Bertz CT molecular complexity index is 374. The number of methoxy groups -OCH3 is 1. The van der Waals surface area contributed by atoms with Gasteiger partial charge in [-0.3, -0.25) is 9.59 Å². The van der Waals surface area contributed by atoms with Gasteiger partial charge in [-0.05, 0) is 12.1 Å². The molecule has 0 spiro atoms. The van der Waals surface area contributed by atoms with Crippen LogP contribution in [0.3, 0.4) is 0 Å². The first-order chi connectivity index (χ1) is 8.72. The van der Waals surface area contributed by atoms with Crippen LogP contribution in [0.5, 0.6) is 5.75 Å². The molecule has 0 amide bonds. The standard InChI is InChI=1S/C13H16O5/c1-16-9-10-17-12(14)7-8-13(15)18-11-5-3-2-4-6-11/h2-6H,7-10H2,1H3. The lowest BCUT2D eigenvalue weighted by Gasteiger charge is -2.05. The molecule has 0 heterocycles. The van der Waals surface area contributed by atoms with Gasteiger partial charge in [0, 0.05) is 7.11 Å². The number of para-hydroxylation sites is 1. The molecule has 5 heteroatoms. The van der Waals surface area contributed by atoms with Gasteiger partial charge < -0.3 is 14.2 Å². The molecule has 0 atom stereocenters. The van der Waals surface area contributed by atoms with Crippen molar-refractivity contribution in [1.82, 2.24) is 0 Å². The van der Waals surface area contributed by atoms with Crippen LogP contribution in [0, 0.1) is 0 Å². The molecule has 0 aliphatic heterocycles. The summed E-state index contributed by atoms with van der Waals surface area (Å²) in [5, 5.41) is 0. The molecule has 18 heavy (non-hydrogen) atoms. The van der Waals surface area contributed by atoms with Crippen molar-refractivity contribution in [1.29, 1.82) is 0 Å². The lowest BCUT2D eigenvalue weighted by molar-refractivity contribution is -0.147. The summed E-state index contributed by atoms with van der Waals surface area (Å²) in [6.45, 7) is 0.545. The van der Waals surface area contributed by atoms with Crippen LogP contribution in [0.4, 0.5) is 0 Å². The molecule has 98 valence electrons. The smallest absolute Gasteiger partial charge is 0.311 e. The van der Waals surface area contributed by atoms with Gasteiger partial charge in [-0.2, -0.15) is 0 Å². The maximum absolute atomic E-state index is 11.4. The van der Waals surface area contributed by atoms with Crippen molar-refractivity contribution >= 4 is 11.9 Å². The fourth-order valence-corrected chi connectivity index (χ4v) is 1.19. The van der Waals surface area contributed by atoms with E-state index in [0.717, 1.165) is 0 Å². The Morgan fingerprint density at radius 3 is 2.33 bits per heavy atom. The van der Waals surface area contributed by atoms with Gasteiger partial charge in [-0.25, -0.2) is 0 Å². The molecule has 0 saturated carbocycles. The summed E-state index contributed by atoms with van der Waals surface area (Å²) in [4.78, 5) is 22.6. The fourth-order valence-electron chi connectivity index (χ4n) is 1.19. The number of benzene rings is 1. The molecule has 5 nitrogen and oxygen atoms in total. The molecule has 0 aliphatic rings. The van der Waals surface area contributed by atoms with E-state index >= 15 is 0 Å². The van der Waals surface area contributed by atoms with E-state index in [1.807, 2.05) is 6.07 Å². The number of hydrogen-bond donors (Lipinski definition) is 0. The molecule has 0 saturated heterocycles. The lowest BCUT2D eigenvalue weighted by atomic mass is 10.3. The van der Waals surface area contributed by atoms with E-state index < -0.39 is 11.9 Å². The largest absolute Gasteiger partial charge is 0.463 e. The lowest BCUT2D eigenvalue weighted by Crippen LogP contribution is -2.14. The van der Waals surface area contributed by atoms with E-state index in [0.29, 0.717) is 12.4 Å². The first-order valence-electron chi connectivity index (χ1n) is 5.62. The Hall–Kier alpha value is -1.88. The monoisotopic (exact) mass is 252 g/mol. The van der Waals surface area contributed by atoms with E-state index in [4.69, 9.17) is 14.2 Å². The summed E-state index contributed by atoms with van der Waals surface area (Å²) in [7, 11) is 1.52. The number of rotatable bonds is 7. The normalized spacial score (nSPS) is 9.83. The zero-order valence-corrected chi connectivity index (χ0v) is 10.3. The third kappa shape index (κ3) is 6.00. The molecule has 0 N–H and O–H groups in total. The first-order valence-corrected chi connectivity index (χ1v) is 5.62. The fraction of sp³-hybridized carbons (Fsp3) is 0.385. The van der Waals surface area contributed by atoms with Crippen LogP contribution in [0.25, 0.3) is 0 Å². The minimum Gasteiger partial charge on any atom is -0.463 e. The highest BCUT2D eigenvalue weighted by molar-refractivity contribution is 5.78. The quantitative estimate of drug-likeness (QED) is 0.418. The highest BCUT2D eigenvalue weighted by atomic mass is 16.6. The van der Waals surface area contributed by atoms with Crippen LogP contribution < -0.4 is 4.74 Å². The van der Waals surface area contributed by atoms with E-state index in [-0.39, 0.29) is 19.4 Å². The average Bonchev–Trinajstić information content (AvgIpc) is 2.38. The van der Waals surface area contributed by atoms with E-state index in [1.165, 1.54) is 7.11 Å². The molecule has 0 bridgehead atoms. The zero-order valence-electron chi connectivity index (χ0n) is 10.3. The Morgan fingerprint density at radius 2 is 1.67 bits per heavy atom. The zero-order chi connectivity index (χ0) is 13.2. The number of hydrogen-bond acceptors (Lipinski definition) is 5. The highest BCUT2D eigenvalue weighted by Gasteiger charge is 2.09. The summed E-state index contributed by atoms with van der Waals surface area (Å²) in [5.74, 6) is -0.419. The van der Waals surface area contributed by atoms with Gasteiger partial charge in [0.25, 0.3) is 0 Å². The molecular formula is C13H16O5. The number of carbonyl (C=O) groups excluding carboxylic acids is 2. The van der Waals surface area contributed by atoms with Gasteiger partial charge in [-0.15, -0.1) is 0 Å². The van der Waals surface area contributed by atoms with Crippen LogP contribution in [-0.4, -0.2) is 32.3 Å². The molecular weight excluding hydrogens is 236 g/mol. The third-order valence-corrected chi connectivity index (χ3v) is 2.06. The number of esters is 2. The second-order valence-corrected chi connectivity index (χ2v) is 3.50. The minimum atomic E-state index is -0.454. The van der Waals surface area contributed by atoms with Crippen molar-refractivity contribution < 1.29 is 23.8 Å². The van der Waals surface area contributed by atoms with Crippen molar-refractivity contribution in [2.45, 2.75) is 12.8 Å². The van der Waals surface area contributed by atoms with Crippen LogP contribution in [0.1, 0.15) is 12.8 Å². The topological polar surface area (TPSA) is 61.8 Å². The molecule has 0 radical (unpaired) electrons. The maximum Gasteiger partial charge on any atom is 0.311 e. The number of ether oxygens (including phenoxy) is 3. The average molecular weight is 252 g/mol. The first kappa shape index (κ1) is 14.2. The predicted octanol–water partition coefficient (Wildman–Crippen LogP) is 1.56. The summed E-state index contributed by atoms with van der Waals surface area (Å²) in [6, 6.07) is 8.71. The van der Waals surface area contributed by atoms with Gasteiger partial charge >= 0.3 is 11.9 Å². The molecule has 1 aromatic carbocycles. The maximum atomic E-state index is 11.4. The van der Waals surface area contributed by atoms with Crippen LogP contribution >= 0.6 is 0 Å². The van der Waals surface area contributed by atoms with E-state index in [9.17, 15) is 9.59 Å². The van der Waals surface area contributed by atoms with Crippen LogP contribution in [0.15, 0.2) is 30.3 Å². The van der Waals surface area contributed by atoms with E-state index in [2.05, 4.69) is 0 Å². The molecule has 0 aromatic heterocycles. The third-order valence-electron chi connectivity index (χ3n) is 2.06. The number of carbonyl (C=O) groups is 2. The van der Waals surface area contributed by atoms with Gasteiger partial charge in [0.1, 0.15) is 12.4 Å². The molecule has 0 fully saturated rings. The Kier molecular flexibility index (Phi) is 6.50. The molecule has 0 aliphatic carbocycles. The Morgan fingerprint density at radius 1 is 1.00 bits per heavy atom. The van der Waals surface area contributed by atoms with Crippen molar-refractivity contribution in [2.24, 2.45) is 0 Å². The summed E-state index contributed by atoms with van der Waals surface area (Å²) < 4.78 is 14.6. The van der Waals surface area contributed by atoms with Crippen molar-refractivity contribution in [3.8, 4) is 5.75 Å².